The first kappa shape index (κ1) is 25.4. The Morgan fingerprint density at radius 2 is 1.90 bits per heavy atom. The van der Waals surface area contributed by atoms with Gasteiger partial charge in [0.2, 0.25) is 0 Å². The van der Waals surface area contributed by atoms with Crippen LogP contribution in [0.25, 0.3) is 0 Å². The smallest absolute Gasteiger partial charge is 0.191 e. The third-order valence-electron chi connectivity index (χ3n) is 6.06. The molecule has 1 aliphatic rings. The van der Waals surface area contributed by atoms with E-state index in [1.54, 1.807) is 7.11 Å². The number of ether oxygens (including phenoxy) is 1. The van der Waals surface area contributed by atoms with Crippen molar-refractivity contribution >= 4 is 29.9 Å². The molecule has 1 fully saturated rings. The van der Waals surface area contributed by atoms with Crippen LogP contribution in [0, 0.1) is 18.3 Å². The highest BCUT2D eigenvalue weighted by Gasteiger charge is 2.37. The second-order valence-corrected chi connectivity index (χ2v) is 8.89. The average molecular weight is 540 g/mol. The second-order valence-electron chi connectivity index (χ2n) is 8.89. The molecule has 1 aliphatic carbocycles. The molecule has 8 heteroatoms. The number of hydrogen-bond donors (Lipinski definition) is 2. The molecule has 172 valence electrons. The van der Waals surface area contributed by atoms with E-state index in [1.807, 2.05) is 30.7 Å². The van der Waals surface area contributed by atoms with Crippen molar-refractivity contribution in [3.8, 4) is 5.75 Å². The van der Waals surface area contributed by atoms with Crippen LogP contribution in [0.5, 0.6) is 5.75 Å². The van der Waals surface area contributed by atoms with Crippen LogP contribution >= 0.6 is 24.0 Å². The number of halogens is 1. The number of guanidine groups is 1. The van der Waals surface area contributed by atoms with E-state index >= 15 is 0 Å². The van der Waals surface area contributed by atoms with Gasteiger partial charge in [-0.05, 0) is 55.2 Å². The zero-order valence-electron chi connectivity index (χ0n) is 19.4. The van der Waals surface area contributed by atoms with Crippen LogP contribution in [0.3, 0.4) is 0 Å². The van der Waals surface area contributed by atoms with Gasteiger partial charge in [0.25, 0.3) is 0 Å². The zero-order valence-corrected chi connectivity index (χ0v) is 21.8. The molecular weight excluding hydrogens is 503 g/mol. The molecule has 0 saturated heterocycles. The van der Waals surface area contributed by atoms with Gasteiger partial charge < -0.3 is 19.9 Å². The maximum atomic E-state index is 5.25. The van der Waals surface area contributed by atoms with E-state index in [9.17, 15) is 0 Å². The second kappa shape index (κ2) is 11.7. The van der Waals surface area contributed by atoms with Crippen LogP contribution in [-0.2, 0) is 20.1 Å². The van der Waals surface area contributed by atoms with Gasteiger partial charge in [-0.15, -0.1) is 34.2 Å². The monoisotopic (exact) mass is 540 g/mol. The Kier molecular flexibility index (Phi) is 9.58. The van der Waals surface area contributed by atoms with Crippen molar-refractivity contribution in [2.24, 2.45) is 23.4 Å². The fourth-order valence-electron chi connectivity index (χ4n) is 4.11. The van der Waals surface area contributed by atoms with Gasteiger partial charge in [-0.25, -0.2) is 4.99 Å². The first-order chi connectivity index (χ1) is 14.4. The normalized spacial score (nSPS) is 15.2. The number of nitrogens with one attached hydrogen (secondary N) is 2. The quantitative estimate of drug-likeness (QED) is 0.283. The lowest BCUT2D eigenvalue weighted by Crippen LogP contribution is -2.47. The summed E-state index contributed by atoms with van der Waals surface area (Å²) in [6, 6.07) is 8.05. The van der Waals surface area contributed by atoms with Crippen molar-refractivity contribution in [2.45, 2.75) is 59.5 Å². The molecule has 2 aromatic rings. The number of methoxy groups -OCH3 is 1. The van der Waals surface area contributed by atoms with E-state index in [4.69, 9.17) is 9.73 Å². The van der Waals surface area contributed by atoms with Crippen molar-refractivity contribution in [3.05, 3.63) is 41.5 Å². The Morgan fingerprint density at radius 3 is 2.42 bits per heavy atom. The molecule has 2 N–H and O–H groups in total. The van der Waals surface area contributed by atoms with Crippen molar-refractivity contribution in [3.63, 3.8) is 0 Å². The molecule has 0 amide bonds. The number of nitrogens with zero attached hydrogens (tertiary/aromatic N) is 4. The largest absolute Gasteiger partial charge is 0.497 e. The Labute approximate surface area is 203 Å². The van der Waals surface area contributed by atoms with Crippen LogP contribution in [0.15, 0.2) is 29.3 Å². The van der Waals surface area contributed by atoms with E-state index < -0.39 is 0 Å². The lowest BCUT2D eigenvalue weighted by atomic mass is 9.64. The molecule has 3 rings (SSSR count). The van der Waals surface area contributed by atoms with Crippen molar-refractivity contribution in [2.75, 3.05) is 13.7 Å². The molecular formula is C23H37IN6O. The topological polar surface area (TPSA) is 76.4 Å². The highest BCUT2D eigenvalue weighted by Crippen LogP contribution is 2.45. The highest BCUT2D eigenvalue weighted by molar-refractivity contribution is 14.0. The summed E-state index contributed by atoms with van der Waals surface area (Å²) in [5, 5.41) is 15.5. The minimum absolute atomic E-state index is 0. The summed E-state index contributed by atoms with van der Waals surface area (Å²) in [5.41, 5.74) is 1.55. The van der Waals surface area contributed by atoms with E-state index in [-0.39, 0.29) is 24.0 Å². The molecule has 0 spiro atoms. The number of hydrogen-bond acceptors (Lipinski definition) is 4. The fourth-order valence-corrected chi connectivity index (χ4v) is 4.11. The molecule has 0 unspecified atom stereocenters. The number of benzene rings is 1. The minimum atomic E-state index is 0. The summed E-state index contributed by atoms with van der Waals surface area (Å²) in [7, 11) is 3.67. The lowest BCUT2D eigenvalue weighted by molar-refractivity contribution is 0.104. The highest BCUT2D eigenvalue weighted by atomic mass is 127. The molecule has 0 atom stereocenters. The molecule has 1 heterocycles. The van der Waals surface area contributed by atoms with Gasteiger partial charge in [-0.3, -0.25) is 0 Å². The predicted octanol–water partition coefficient (Wildman–Crippen LogP) is 4.20. The van der Waals surface area contributed by atoms with E-state index in [2.05, 4.69) is 46.8 Å². The molecule has 0 aliphatic heterocycles. The Bertz CT molecular complexity index is 842. The van der Waals surface area contributed by atoms with Crippen LogP contribution in [0.4, 0.5) is 0 Å². The summed E-state index contributed by atoms with van der Waals surface area (Å²) in [4.78, 5) is 4.84. The number of aryl methyl sites for hydroxylation is 1. The summed E-state index contributed by atoms with van der Waals surface area (Å²) in [5.74, 6) is 4.19. The molecule has 0 radical (unpaired) electrons. The van der Waals surface area contributed by atoms with Gasteiger partial charge >= 0.3 is 0 Å². The summed E-state index contributed by atoms with van der Waals surface area (Å²) < 4.78 is 7.25. The third-order valence-corrected chi connectivity index (χ3v) is 6.06. The minimum Gasteiger partial charge on any atom is -0.497 e. The van der Waals surface area contributed by atoms with Crippen LogP contribution in [0.2, 0.25) is 0 Å². The van der Waals surface area contributed by atoms with Gasteiger partial charge in [0.1, 0.15) is 11.6 Å². The van der Waals surface area contributed by atoms with Crippen molar-refractivity contribution < 1.29 is 4.74 Å². The Balaban J connectivity index is 0.00000341. The predicted molar refractivity (Wildman–Crippen MR) is 136 cm³/mol. The molecule has 0 bridgehead atoms. The molecule has 1 aromatic heterocycles. The standard InChI is InChI=1S/C23H36N6O.HI/c1-17(2)13-23(11-6-12-23)16-26-22(25-15-21-28-27-18(3)29(21)4)24-14-19-7-9-20(30-5)10-8-19;/h7-10,17H,6,11-16H2,1-5H3,(H2,24,25,26);1H. The van der Waals surface area contributed by atoms with Crippen molar-refractivity contribution in [1.82, 2.24) is 25.4 Å². The molecule has 1 aromatic carbocycles. The maximum absolute atomic E-state index is 5.25. The SMILES string of the molecule is COc1ccc(CN=C(NCc2nnc(C)n2C)NCC2(CC(C)C)CCC2)cc1.I. The van der Waals surface area contributed by atoms with E-state index in [0.29, 0.717) is 24.4 Å². The molecule has 31 heavy (non-hydrogen) atoms. The van der Waals surface area contributed by atoms with Crippen LogP contribution in [-0.4, -0.2) is 34.4 Å². The Hall–Kier alpha value is -1.84. The third kappa shape index (κ3) is 7.08. The van der Waals surface area contributed by atoms with E-state index in [1.165, 1.54) is 25.7 Å². The van der Waals surface area contributed by atoms with Gasteiger partial charge in [0.15, 0.2) is 11.8 Å². The molecule has 1 saturated carbocycles. The van der Waals surface area contributed by atoms with Crippen molar-refractivity contribution in [1.29, 1.82) is 0 Å². The van der Waals surface area contributed by atoms with Gasteiger partial charge in [0, 0.05) is 13.6 Å². The average Bonchev–Trinajstić information content (AvgIpc) is 3.03. The molecule has 7 nitrogen and oxygen atoms in total. The summed E-state index contributed by atoms with van der Waals surface area (Å²) in [6.07, 6.45) is 5.19. The Morgan fingerprint density at radius 1 is 1.19 bits per heavy atom. The first-order valence-electron chi connectivity index (χ1n) is 10.9. The van der Waals surface area contributed by atoms with Gasteiger partial charge in [-0.1, -0.05) is 32.4 Å². The van der Waals surface area contributed by atoms with Gasteiger partial charge in [-0.2, -0.15) is 0 Å². The summed E-state index contributed by atoms with van der Waals surface area (Å²) >= 11 is 0. The van der Waals surface area contributed by atoms with Gasteiger partial charge in [0.05, 0.1) is 20.2 Å². The maximum Gasteiger partial charge on any atom is 0.191 e. The first-order valence-corrected chi connectivity index (χ1v) is 10.9. The van der Waals surface area contributed by atoms with Crippen LogP contribution in [0.1, 0.15) is 56.7 Å². The number of rotatable bonds is 9. The lowest BCUT2D eigenvalue weighted by Gasteiger charge is -2.43. The fraction of sp³-hybridized carbons (Fsp3) is 0.609. The number of aliphatic imine (C=N–C) groups is 1. The van der Waals surface area contributed by atoms with Crippen LogP contribution < -0.4 is 15.4 Å². The zero-order chi connectivity index (χ0) is 21.6. The number of aromatic nitrogens is 3. The summed E-state index contributed by atoms with van der Waals surface area (Å²) in [6.45, 7) is 8.73. The van der Waals surface area contributed by atoms with E-state index in [0.717, 1.165) is 35.5 Å².